The second-order valence-electron chi connectivity index (χ2n) is 5.57. The Morgan fingerprint density at radius 1 is 1.23 bits per heavy atom. The normalized spacial score (nSPS) is 12.1. The molecule has 1 atom stereocenters. The Morgan fingerprint density at radius 2 is 1.91 bits per heavy atom. The predicted octanol–water partition coefficient (Wildman–Crippen LogP) is 4.00. The first-order chi connectivity index (χ1) is 10.3. The number of nitrogens with zero attached hydrogens (tertiary/aromatic N) is 3. The molecule has 22 heavy (non-hydrogen) atoms. The highest BCUT2D eigenvalue weighted by molar-refractivity contribution is 7.11. The number of amides is 2. The Bertz CT molecular complexity index is 675. The first-order valence-electron chi connectivity index (χ1n) is 7.21. The molecule has 0 spiro atoms. The van der Waals surface area contributed by atoms with Crippen LogP contribution in [-0.4, -0.2) is 27.9 Å². The zero-order chi connectivity index (χ0) is 16.4. The van der Waals surface area contributed by atoms with Gasteiger partial charge in [-0.15, -0.1) is 11.3 Å². The molecule has 0 aliphatic rings. The summed E-state index contributed by atoms with van der Waals surface area (Å²) in [6.45, 7) is 9.87. The van der Waals surface area contributed by atoms with Crippen molar-refractivity contribution in [3.8, 4) is 0 Å². The van der Waals surface area contributed by atoms with Crippen molar-refractivity contribution in [1.82, 2.24) is 14.9 Å². The van der Waals surface area contributed by atoms with Crippen LogP contribution < -0.4 is 5.32 Å². The molecule has 0 bridgehead atoms. The van der Waals surface area contributed by atoms with Gasteiger partial charge in [-0.05, 0) is 52.3 Å². The Hall–Kier alpha value is -1.95. The van der Waals surface area contributed by atoms with Gasteiger partial charge in [0, 0.05) is 17.6 Å². The lowest BCUT2D eigenvalue weighted by Gasteiger charge is -2.24. The fourth-order valence-electron chi connectivity index (χ4n) is 2.39. The van der Waals surface area contributed by atoms with E-state index >= 15 is 0 Å². The molecule has 118 valence electrons. The van der Waals surface area contributed by atoms with Crippen LogP contribution in [0.25, 0.3) is 0 Å². The lowest BCUT2D eigenvalue weighted by molar-refractivity contribution is 0.209. The van der Waals surface area contributed by atoms with Crippen LogP contribution in [0.3, 0.4) is 0 Å². The van der Waals surface area contributed by atoms with Crippen LogP contribution in [0.4, 0.5) is 10.6 Å². The number of aromatic nitrogens is 2. The zero-order valence-corrected chi connectivity index (χ0v) is 14.7. The number of nitrogens with one attached hydrogen (secondary N) is 1. The van der Waals surface area contributed by atoms with Gasteiger partial charge in [-0.1, -0.05) is 0 Å². The van der Waals surface area contributed by atoms with Gasteiger partial charge in [0.25, 0.3) is 0 Å². The van der Waals surface area contributed by atoms with Gasteiger partial charge in [0.2, 0.25) is 0 Å². The summed E-state index contributed by atoms with van der Waals surface area (Å²) in [6.07, 6.45) is 0. The first kappa shape index (κ1) is 16.4. The average Bonchev–Trinajstić information content (AvgIpc) is 2.74. The minimum absolute atomic E-state index is 0.0305. The van der Waals surface area contributed by atoms with E-state index in [9.17, 15) is 4.79 Å². The highest BCUT2D eigenvalue weighted by Gasteiger charge is 2.21. The largest absolute Gasteiger partial charge is 0.323 e. The number of rotatable bonds is 3. The standard InChI is InChI=1S/C16H22N4OS/c1-9-7-10(2)17-14(8-9)19-16(21)20(6)12(4)15-11(3)18-13(5)22-15/h7-8,12H,1-6H3,(H,17,19,21)/t12-/m0/s1. The van der Waals surface area contributed by atoms with E-state index in [-0.39, 0.29) is 12.1 Å². The van der Waals surface area contributed by atoms with E-state index in [1.165, 1.54) is 0 Å². The molecule has 6 heteroatoms. The molecule has 0 aromatic carbocycles. The minimum atomic E-state index is -0.171. The van der Waals surface area contributed by atoms with Crippen molar-refractivity contribution in [2.45, 2.75) is 40.7 Å². The molecule has 0 aliphatic heterocycles. The first-order valence-corrected chi connectivity index (χ1v) is 8.02. The third-order valence-corrected chi connectivity index (χ3v) is 4.80. The Labute approximate surface area is 135 Å². The monoisotopic (exact) mass is 318 g/mol. The highest BCUT2D eigenvalue weighted by atomic mass is 32.1. The van der Waals surface area contributed by atoms with Gasteiger partial charge in [-0.3, -0.25) is 5.32 Å². The number of urea groups is 1. The van der Waals surface area contributed by atoms with E-state index in [1.54, 1.807) is 23.3 Å². The third kappa shape index (κ3) is 3.62. The van der Waals surface area contributed by atoms with Gasteiger partial charge in [0.1, 0.15) is 5.82 Å². The summed E-state index contributed by atoms with van der Waals surface area (Å²) < 4.78 is 0. The fourth-order valence-corrected chi connectivity index (χ4v) is 3.41. The fraction of sp³-hybridized carbons (Fsp3) is 0.438. The van der Waals surface area contributed by atoms with Gasteiger partial charge in [-0.2, -0.15) is 0 Å². The molecular weight excluding hydrogens is 296 g/mol. The van der Waals surface area contributed by atoms with Crippen LogP contribution in [0.1, 0.15) is 39.8 Å². The van der Waals surface area contributed by atoms with Gasteiger partial charge < -0.3 is 4.90 Å². The summed E-state index contributed by atoms with van der Waals surface area (Å²) in [4.78, 5) is 24.0. The molecule has 1 N–H and O–H groups in total. The van der Waals surface area contributed by atoms with E-state index < -0.39 is 0 Å². The van der Waals surface area contributed by atoms with Crippen molar-refractivity contribution < 1.29 is 4.79 Å². The van der Waals surface area contributed by atoms with E-state index in [1.807, 2.05) is 46.8 Å². The smallest absolute Gasteiger partial charge is 0.320 e. The quantitative estimate of drug-likeness (QED) is 0.930. The Balaban J connectivity index is 2.13. The lowest BCUT2D eigenvalue weighted by Crippen LogP contribution is -2.33. The van der Waals surface area contributed by atoms with E-state index in [4.69, 9.17) is 0 Å². The van der Waals surface area contributed by atoms with Crippen LogP contribution in [0.15, 0.2) is 12.1 Å². The maximum absolute atomic E-state index is 12.4. The van der Waals surface area contributed by atoms with Crippen molar-refractivity contribution in [3.63, 3.8) is 0 Å². The minimum Gasteiger partial charge on any atom is -0.320 e. The maximum Gasteiger partial charge on any atom is 0.323 e. The van der Waals surface area contributed by atoms with E-state index in [0.717, 1.165) is 26.8 Å². The van der Waals surface area contributed by atoms with Crippen LogP contribution in [-0.2, 0) is 0 Å². The molecule has 5 nitrogen and oxygen atoms in total. The lowest BCUT2D eigenvalue weighted by atomic mass is 10.2. The maximum atomic E-state index is 12.4. The van der Waals surface area contributed by atoms with Crippen LogP contribution in [0.5, 0.6) is 0 Å². The summed E-state index contributed by atoms with van der Waals surface area (Å²) in [7, 11) is 1.79. The van der Waals surface area contributed by atoms with E-state index in [2.05, 4.69) is 15.3 Å². The number of pyridine rings is 1. The molecule has 0 saturated heterocycles. The van der Waals surface area contributed by atoms with Gasteiger partial charge in [0.15, 0.2) is 0 Å². The number of anilines is 1. The predicted molar refractivity (Wildman–Crippen MR) is 90.5 cm³/mol. The Kier molecular flexibility index (Phi) is 4.81. The third-order valence-electron chi connectivity index (χ3n) is 3.55. The van der Waals surface area contributed by atoms with Crippen molar-refractivity contribution in [2.24, 2.45) is 0 Å². The molecule has 0 unspecified atom stereocenters. The van der Waals surface area contributed by atoms with Crippen LogP contribution in [0, 0.1) is 27.7 Å². The molecule has 2 aromatic heterocycles. The van der Waals surface area contributed by atoms with Crippen molar-refractivity contribution in [3.05, 3.63) is 39.0 Å². The summed E-state index contributed by atoms with van der Waals surface area (Å²) in [5, 5.41) is 3.88. The second-order valence-corrected chi connectivity index (χ2v) is 6.81. The molecule has 0 saturated carbocycles. The summed E-state index contributed by atoms with van der Waals surface area (Å²) >= 11 is 1.63. The molecule has 2 aromatic rings. The van der Waals surface area contributed by atoms with Gasteiger partial charge >= 0.3 is 6.03 Å². The van der Waals surface area contributed by atoms with Crippen molar-refractivity contribution >= 4 is 23.2 Å². The molecule has 2 heterocycles. The van der Waals surface area contributed by atoms with Crippen LogP contribution >= 0.6 is 11.3 Å². The number of hydrogen-bond donors (Lipinski definition) is 1. The average molecular weight is 318 g/mol. The molecule has 2 rings (SSSR count). The van der Waals surface area contributed by atoms with E-state index in [0.29, 0.717) is 5.82 Å². The summed E-state index contributed by atoms with van der Waals surface area (Å²) in [6, 6.07) is 3.64. The summed E-state index contributed by atoms with van der Waals surface area (Å²) in [5.41, 5.74) is 2.95. The van der Waals surface area contributed by atoms with Crippen LogP contribution in [0.2, 0.25) is 0 Å². The van der Waals surface area contributed by atoms with Crippen molar-refractivity contribution in [2.75, 3.05) is 12.4 Å². The van der Waals surface area contributed by atoms with Crippen molar-refractivity contribution in [1.29, 1.82) is 0 Å². The number of carbonyl (C=O) groups excluding carboxylic acids is 1. The number of carbonyl (C=O) groups is 1. The SMILES string of the molecule is Cc1cc(C)nc(NC(=O)N(C)[C@@H](C)c2sc(C)nc2C)c1. The number of thiazole rings is 1. The van der Waals surface area contributed by atoms with Gasteiger partial charge in [0.05, 0.1) is 16.7 Å². The summed E-state index contributed by atoms with van der Waals surface area (Å²) in [5.74, 6) is 0.582. The van der Waals surface area contributed by atoms with Gasteiger partial charge in [-0.25, -0.2) is 14.8 Å². The highest BCUT2D eigenvalue weighted by Crippen LogP contribution is 2.28. The molecule has 0 radical (unpaired) electrons. The molecule has 0 fully saturated rings. The topological polar surface area (TPSA) is 58.1 Å². The second kappa shape index (κ2) is 6.44. The Morgan fingerprint density at radius 3 is 2.45 bits per heavy atom. The number of hydrogen-bond acceptors (Lipinski definition) is 4. The zero-order valence-electron chi connectivity index (χ0n) is 13.9. The molecule has 2 amide bonds. The molecular formula is C16H22N4OS. The number of aryl methyl sites for hydroxylation is 4. The molecule has 0 aliphatic carbocycles.